The highest BCUT2D eigenvalue weighted by Crippen LogP contribution is 2.09. The van der Waals surface area contributed by atoms with Crippen molar-refractivity contribution in [3.8, 4) is 0 Å². The Bertz CT molecular complexity index is 154. The highest BCUT2D eigenvalue weighted by Gasteiger charge is 2.20. The van der Waals surface area contributed by atoms with Crippen LogP contribution in [0.2, 0.25) is 0 Å². The van der Waals surface area contributed by atoms with Gasteiger partial charge < -0.3 is 5.73 Å². The maximum absolute atomic E-state index is 7.49. The molecule has 0 aromatic heterocycles. The molecule has 0 heterocycles. The fourth-order valence-electron chi connectivity index (χ4n) is 1.67. The van der Waals surface area contributed by atoms with Crippen molar-refractivity contribution in [2.24, 2.45) is 5.73 Å². The number of amidine groups is 1. The van der Waals surface area contributed by atoms with E-state index in [2.05, 4.69) is 32.6 Å². The van der Waals surface area contributed by atoms with Gasteiger partial charge in [-0.1, -0.05) is 13.8 Å². The molecular weight excluding hydrogens is 162 g/mol. The molecule has 0 radical (unpaired) electrons. The van der Waals surface area contributed by atoms with E-state index in [1.54, 1.807) is 0 Å². The number of nitrogens with one attached hydrogen (secondary N) is 1. The predicted octanol–water partition coefficient (Wildman–Crippen LogP) is 1.82. The van der Waals surface area contributed by atoms with Crippen molar-refractivity contribution in [3.63, 3.8) is 0 Å². The van der Waals surface area contributed by atoms with Gasteiger partial charge in [0, 0.05) is 6.04 Å². The maximum Gasteiger partial charge on any atom is 0.108 e. The van der Waals surface area contributed by atoms with Crippen molar-refractivity contribution >= 4 is 5.84 Å². The molecule has 0 rings (SSSR count). The highest BCUT2D eigenvalue weighted by molar-refractivity contribution is 5.82. The lowest BCUT2D eigenvalue weighted by molar-refractivity contribution is 0.188. The zero-order valence-electron chi connectivity index (χ0n) is 9.30. The third-order valence-electron chi connectivity index (χ3n) is 2.29. The van der Waals surface area contributed by atoms with Crippen molar-refractivity contribution in [1.82, 2.24) is 4.90 Å². The van der Waals surface area contributed by atoms with Gasteiger partial charge in [-0.2, -0.15) is 0 Å². The SMILES string of the molecule is CCCN(C(C)C)C(CC)C(=N)N. The predicted molar refractivity (Wildman–Crippen MR) is 58.1 cm³/mol. The summed E-state index contributed by atoms with van der Waals surface area (Å²) in [5.74, 6) is 0.296. The Labute approximate surface area is 81.8 Å². The average molecular weight is 185 g/mol. The number of hydrogen-bond acceptors (Lipinski definition) is 2. The molecule has 1 atom stereocenters. The molecule has 0 aliphatic heterocycles. The van der Waals surface area contributed by atoms with Gasteiger partial charge in [0.25, 0.3) is 0 Å². The Morgan fingerprint density at radius 2 is 1.92 bits per heavy atom. The first kappa shape index (κ1) is 12.4. The van der Waals surface area contributed by atoms with Crippen LogP contribution >= 0.6 is 0 Å². The van der Waals surface area contributed by atoms with Gasteiger partial charge in [-0.25, -0.2) is 0 Å². The van der Waals surface area contributed by atoms with Crippen LogP contribution < -0.4 is 5.73 Å². The molecule has 1 unspecified atom stereocenters. The average Bonchev–Trinajstić information content (AvgIpc) is 2.03. The van der Waals surface area contributed by atoms with Crippen molar-refractivity contribution in [1.29, 1.82) is 5.41 Å². The summed E-state index contributed by atoms with van der Waals surface area (Å²) in [4.78, 5) is 2.29. The topological polar surface area (TPSA) is 53.1 Å². The smallest absolute Gasteiger partial charge is 0.108 e. The number of nitrogens with two attached hydrogens (primary N) is 1. The van der Waals surface area contributed by atoms with Crippen LogP contribution in [-0.4, -0.2) is 29.4 Å². The van der Waals surface area contributed by atoms with E-state index in [9.17, 15) is 0 Å². The summed E-state index contributed by atoms with van der Waals surface area (Å²) in [6.45, 7) is 9.57. The summed E-state index contributed by atoms with van der Waals surface area (Å²) >= 11 is 0. The lowest BCUT2D eigenvalue weighted by Gasteiger charge is -2.33. The van der Waals surface area contributed by atoms with Crippen molar-refractivity contribution in [2.75, 3.05) is 6.54 Å². The third-order valence-corrected chi connectivity index (χ3v) is 2.29. The van der Waals surface area contributed by atoms with E-state index >= 15 is 0 Å². The summed E-state index contributed by atoms with van der Waals surface area (Å²) in [7, 11) is 0. The molecule has 0 aromatic carbocycles. The van der Waals surface area contributed by atoms with Crippen molar-refractivity contribution in [2.45, 2.75) is 52.6 Å². The fraction of sp³-hybridized carbons (Fsp3) is 0.900. The molecule has 0 amide bonds. The highest BCUT2D eigenvalue weighted by atomic mass is 15.2. The Balaban J connectivity index is 4.38. The van der Waals surface area contributed by atoms with Crippen LogP contribution in [0.3, 0.4) is 0 Å². The summed E-state index contributed by atoms with van der Waals surface area (Å²) in [5, 5.41) is 7.49. The molecule has 0 saturated carbocycles. The Morgan fingerprint density at radius 1 is 1.38 bits per heavy atom. The number of hydrogen-bond donors (Lipinski definition) is 2. The first-order chi connectivity index (χ1) is 6.04. The zero-order chi connectivity index (χ0) is 10.4. The van der Waals surface area contributed by atoms with Crippen LogP contribution in [0.4, 0.5) is 0 Å². The molecule has 0 fully saturated rings. The molecule has 0 saturated heterocycles. The maximum atomic E-state index is 7.49. The third kappa shape index (κ3) is 3.77. The van der Waals surface area contributed by atoms with Crippen LogP contribution in [0.15, 0.2) is 0 Å². The molecular formula is C10H23N3. The normalized spacial score (nSPS) is 13.7. The van der Waals surface area contributed by atoms with Crippen LogP contribution in [0.1, 0.15) is 40.5 Å². The lowest BCUT2D eigenvalue weighted by Crippen LogP contribution is -2.47. The number of rotatable bonds is 6. The largest absolute Gasteiger partial charge is 0.386 e. The second-order valence-electron chi connectivity index (χ2n) is 3.71. The molecule has 0 aliphatic rings. The fourth-order valence-corrected chi connectivity index (χ4v) is 1.67. The van der Waals surface area contributed by atoms with Crippen molar-refractivity contribution in [3.05, 3.63) is 0 Å². The molecule has 0 aliphatic carbocycles. The van der Waals surface area contributed by atoms with E-state index < -0.39 is 0 Å². The monoisotopic (exact) mass is 185 g/mol. The van der Waals surface area contributed by atoms with Gasteiger partial charge in [0.2, 0.25) is 0 Å². The summed E-state index contributed by atoms with van der Waals surface area (Å²) in [6.07, 6.45) is 2.04. The van der Waals surface area contributed by atoms with Gasteiger partial charge in [-0.15, -0.1) is 0 Å². The van der Waals surface area contributed by atoms with E-state index in [0.717, 1.165) is 19.4 Å². The minimum Gasteiger partial charge on any atom is -0.386 e. The van der Waals surface area contributed by atoms with Gasteiger partial charge in [0.05, 0.1) is 6.04 Å². The molecule has 3 nitrogen and oxygen atoms in total. The number of nitrogens with zero attached hydrogens (tertiary/aromatic N) is 1. The molecule has 3 heteroatoms. The van der Waals surface area contributed by atoms with Crippen LogP contribution in [-0.2, 0) is 0 Å². The Hall–Kier alpha value is -0.570. The van der Waals surface area contributed by atoms with Crippen molar-refractivity contribution < 1.29 is 0 Å². The van der Waals surface area contributed by atoms with E-state index in [-0.39, 0.29) is 6.04 Å². The van der Waals surface area contributed by atoms with Gasteiger partial charge >= 0.3 is 0 Å². The molecule has 0 aromatic rings. The standard InChI is InChI=1S/C10H23N3/c1-5-7-13(8(3)4)9(6-2)10(11)12/h8-9H,5-7H2,1-4H3,(H3,11,12). The van der Waals surface area contributed by atoms with Gasteiger partial charge in [0.15, 0.2) is 0 Å². The first-order valence-electron chi connectivity index (χ1n) is 5.14. The second-order valence-corrected chi connectivity index (χ2v) is 3.71. The van der Waals surface area contributed by atoms with Gasteiger partial charge in [-0.05, 0) is 33.2 Å². The van der Waals surface area contributed by atoms with Crippen LogP contribution in [0.25, 0.3) is 0 Å². The summed E-state index contributed by atoms with van der Waals surface area (Å²) in [6, 6.07) is 0.591. The summed E-state index contributed by atoms with van der Waals surface area (Å²) in [5.41, 5.74) is 5.56. The Kier molecular flexibility index (Phi) is 5.71. The van der Waals surface area contributed by atoms with Crippen LogP contribution in [0, 0.1) is 5.41 Å². The molecule has 13 heavy (non-hydrogen) atoms. The molecule has 0 spiro atoms. The van der Waals surface area contributed by atoms with E-state index in [1.807, 2.05) is 0 Å². The lowest BCUT2D eigenvalue weighted by atomic mass is 10.1. The van der Waals surface area contributed by atoms with E-state index in [1.165, 1.54) is 0 Å². The second kappa shape index (κ2) is 5.97. The molecule has 78 valence electrons. The Morgan fingerprint density at radius 3 is 2.15 bits per heavy atom. The van der Waals surface area contributed by atoms with Crippen LogP contribution in [0.5, 0.6) is 0 Å². The minimum absolute atomic E-state index is 0.125. The molecule has 3 N–H and O–H groups in total. The first-order valence-corrected chi connectivity index (χ1v) is 5.14. The summed E-state index contributed by atoms with van der Waals surface area (Å²) < 4.78 is 0. The van der Waals surface area contributed by atoms with E-state index in [4.69, 9.17) is 11.1 Å². The van der Waals surface area contributed by atoms with Gasteiger partial charge in [-0.3, -0.25) is 10.3 Å². The van der Waals surface area contributed by atoms with E-state index in [0.29, 0.717) is 11.9 Å². The van der Waals surface area contributed by atoms with Gasteiger partial charge in [0.1, 0.15) is 5.84 Å². The molecule has 0 bridgehead atoms. The zero-order valence-corrected chi connectivity index (χ0v) is 9.30. The minimum atomic E-state index is 0.125. The quantitative estimate of drug-likeness (QED) is 0.490.